The van der Waals surface area contributed by atoms with Gasteiger partial charge in [-0.2, -0.15) is 9.65 Å². The van der Waals surface area contributed by atoms with E-state index in [0.29, 0.717) is 0 Å². The number of hydrogen-bond acceptors (Lipinski definition) is 4. The van der Waals surface area contributed by atoms with Gasteiger partial charge in [-0.25, -0.2) is 0 Å². The van der Waals surface area contributed by atoms with Gasteiger partial charge in [-0.1, -0.05) is 0 Å². The number of nitro benzene ring substituents is 1. The summed E-state index contributed by atoms with van der Waals surface area (Å²) in [4.78, 5) is 9.43. The van der Waals surface area contributed by atoms with E-state index in [4.69, 9.17) is 5.26 Å². The Labute approximate surface area is 84.5 Å². The van der Waals surface area contributed by atoms with Gasteiger partial charge in [-0.05, 0) is 17.7 Å². The van der Waals surface area contributed by atoms with Crippen LogP contribution in [0.1, 0.15) is 18.1 Å². The number of halogens is 1. The van der Waals surface area contributed by atoms with E-state index in [1.807, 2.05) is 0 Å². The lowest BCUT2D eigenvalue weighted by Crippen LogP contribution is -1.99. The fourth-order valence-electron chi connectivity index (χ4n) is 1.08. The molecule has 0 radical (unpaired) electrons. The number of rotatable bonds is 3. The molecule has 15 heavy (non-hydrogen) atoms. The molecule has 1 atom stereocenters. The molecule has 0 bridgehead atoms. The minimum atomic E-state index is -1.12. The van der Waals surface area contributed by atoms with Crippen molar-refractivity contribution in [2.45, 2.75) is 12.5 Å². The van der Waals surface area contributed by atoms with E-state index in [0.717, 1.165) is 12.1 Å². The smallest absolute Gasteiger partial charge is 0.304 e. The van der Waals surface area contributed by atoms with Crippen molar-refractivity contribution < 1.29 is 14.4 Å². The number of nitriles is 1. The van der Waals surface area contributed by atoms with E-state index in [1.54, 1.807) is 6.07 Å². The summed E-state index contributed by atoms with van der Waals surface area (Å²) in [7, 11) is 0. The highest BCUT2D eigenvalue weighted by Gasteiger charge is 2.16. The molecule has 0 saturated carbocycles. The molecule has 0 aromatic heterocycles. The van der Waals surface area contributed by atoms with Gasteiger partial charge in [-0.15, -0.1) is 0 Å². The lowest BCUT2D eigenvalue weighted by atomic mass is 10.1. The molecule has 1 N–H and O–H groups in total. The number of aliphatic hydroxyl groups is 1. The maximum absolute atomic E-state index is 13.1. The molecule has 1 unspecified atom stereocenters. The minimum absolute atomic E-state index is 0.152. The normalized spacial score (nSPS) is 11.8. The van der Waals surface area contributed by atoms with Gasteiger partial charge >= 0.3 is 5.69 Å². The summed E-state index contributed by atoms with van der Waals surface area (Å²) in [5.41, 5.74) is -0.498. The number of aliphatic hydroxyl groups excluding tert-OH is 1. The molecule has 0 amide bonds. The Balaban J connectivity index is 3.02. The molecule has 6 heteroatoms. The first-order valence-corrected chi connectivity index (χ1v) is 4.05. The first kappa shape index (κ1) is 11.1. The van der Waals surface area contributed by atoms with E-state index >= 15 is 0 Å². The molecule has 0 spiro atoms. The van der Waals surface area contributed by atoms with Crippen LogP contribution in [-0.2, 0) is 0 Å². The van der Waals surface area contributed by atoms with Gasteiger partial charge in [0.1, 0.15) is 0 Å². The Morgan fingerprint density at radius 3 is 2.80 bits per heavy atom. The van der Waals surface area contributed by atoms with E-state index in [9.17, 15) is 19.6 Å². The van der Waals surface area contributed by atoms with Crippen molar-refractivity contribution in [3.63, 3.8) is 0 Å². The number of hydrogen-bond donors (Lipinski definition) is 1. The van der Waals surface area contributed by atoms with Gasteiger partial charge in [0.05, 0.1) is 23.5 Å². The van der Waals surface area contributed by atoms with Crippen molar-refractivity contribution in [3.8, 4) is 6.07 Å². The van der Waals surface area contributed by atoms with Crippen LogP contribution in [0.3, 0.4) is 0 Å². The van der Waals surface area contributed by atoms with Crippen LogP contribution in [0.2, 0.25) is 0 Å². The highest BCUT2D eigenvalue weighted by atomic mass is 19.1. The Bertz CT molecular complexity index is 428. The molecular weight excluding hydrogens is 203 g/mol. The fourth-order valence-corrected chi connectivity index (χ4v) is 1.08. The molecule has 1 aromatic carbocycles. The molecule has 0 saturated heterocycles. The SMILES string of the molecule is N#CCC(O)c1ccc([N+](=O)[O-])c(F)c1. The van der Waals surface area contributed by atoms with E-state index < -0.39 is 22.5 Å². The number of benzene rings is 1. The highest BCUT2D eigenvalue weighted by Crippen LogP contribution is 2.23. The maximum atomic E-state index is 13.1. The molecule has 0 aliphatic carbocycles. The maximum Gasteiger partial charge on any atom is 0.304 e. The average Bonchev–Trinajstić information content (AvgIpc) is 2.17. The van der Waals surface area contributed by atoms with E-state index in [2.05, 4.69) is 0 Å². The van der Waals surface area contributed by atoms with Gasteiger partial charge in [0, 0.05) is 6.07 Å². The summed E-state index contributed by atoms with van der Waals surface area (Å²) in [6.07, 6.45) is -1.30. The van der Waals surface area contributed by atoms with Crippen LogP contribution in [0.4, 0.5) is 10.1 Å². The van der Waals surface area contributed by atoms with Crippen molar-refractivity contribution in [1.82, 2.24) is 0 Å². The van der Waals surface area contributed by atoms with Crippen LogP contribution in [0.25, 0.3) is 0 Å². The van der Waals surface area contributed by atoms with Crippen molar-refractivity contribution in [3.05, 3.63) is 39.7 Å². The van der Waals surface area contributed by atoms with Crippen molar-refractivity contribution in [2.75, 3.05) is 0 Å². The Morgan fingerprint density at radius 1 is 1.67 bits per heavy atom. The second-order valence-electron chi connectivity index (χ2n) is 2.85. The highest BCUT2D eigenvalue weighted by molar-refractivity contribution is 5.35. The topological polar surface area (TPSA) is 87.2 Å². The van der Waals surface area contributed by atoms with Crippen molar-refractivity contribution >= 4 is 5.69 Å². The summed E-state index contributed by atoms with van der Waals surface area (Å²) in [5, 5.41) is 27.9. The second kappa shape index (κ2) is 4.48. The largest absolute Gasteiger partial charge is 0.387 e. The fraction of sp³-hybridized carbons (Fsp3) is 0.222. The van der Waals surface area contributed by atoms with Crippen molar-refractivity contribution in [2.24, 2.45) is 0 Å². The summed E-state index contributed by atoms with van der Waals surface area (Å²) < 4.78 is 13.1. The Morgan fingerprint density at radius 2 is 2.33 bits per heavy atom. The predicted octanol–water partition coefficient (Wildman–Crippen LogP) is 1.68. The molecule has 0 fully saturated rings. The first-order valence-electron chi connectivity index (χ1n) is 4.05. The third kappa shape index (κ3) is 2.48. The molecule has 5 nitrogen and oxygen atoms in total. The zero-order valence-electron chi connectivity index (χ0n) is 7.55. The standard InChI is InChI=1S/C9H7FN2O3/c10-7-5-6(9(13)3-4-11)1-2-8(7)12(14)15/h1-2,5,9,13H,3H2. The second-order valence-corrected chi connectivity index (χ2v) is 2.85. The average molecular weight is 210 g/mol. The van der Waals surface area contributed by atoms with Gasteiger partial charge in [0.2, 0.25) is 5.82 Å². The lowest BCUT2D eigenvalue weighted by molar-refractivity contribution is -0.387. The van der Waals surface area contributed by atoms with Gasteiger partial charge in [0.25, 0.3) is 0 Å². The third-order valence-corrected chi connectivity index (χ3v) is 1.84. The predicted molar refractivity (Wildman–Crippen MR) is 48.2 cm³/mol. The summed E-state index contributed by atoms with van der Waals surface area (Å²) in [6.45, 7) is 0. The zero-order chi connectivity index (χ0) is 11.4. The van der Waals surface area contributed by atoms with Crippen LogP contribution in [0.15, 0.2) is 18.2 Å². The summed E-state index contributed by atoms with van der Waals surface area (Å²) in [6, 6.07) is 4.77. The van der Waals surface area contributed by atoms with Crippen LogP contribution in [0, 0.1) is 27.3 Å². The molecular formula is C9H7FN2O3. The van der Waals surface area contributed by atoms with E-state index in [-0.39, 0.29) is 12.0 Å². The monoisotopic (exact) mass is 210 g/mol. The molecule has 0 heterocycles. The molecule has 1 rings (SSSR count). The van der Waals surface area contributed by atoms with Crippen LogP contribution in [-0.4, -0.2) is 10.0 Å². The summed E-state index contributed by atoms with van der Waals surface area (Å²) in [5.74, 6) is -1.02. The van der Waals surface area contributed by atoms with Gasteiger partial charge < -0.3 is 5.11 Å². The Kier molecular flexibility index (Phi) is 3.31. The van der Waals surface area contributed by atoms with E-state index in [1.165, 1.54) is 6.07 Å². The van der Waals surface area contributed by atoms with Crippen LogP contribution in [0.5, 0.6) is 0 Å². The number of nitrogens with zero attached hydrogens (tertiary/aromatic N) is 2. The molecule has 1 aromatic rings. The Hall–Kier alpha value is -2.00. The van der Waals surface area contributed by atoms with Gasteiger partial charge in [-0.3, -0.25) is 10.1 Å². The molecule has 0 aliphatic rings. The molecule has 0 aliphatic heterocycles. The van der Waals surface area contributed by atoms with Crippen molar-refractivity contribution in [1.29, 1.82) is 5.26 Å². The third-order valence-electron chi connectivity index (χ3n) is 1.84. The van der Waals surface area contributed by atoms with Crippen LogP contribution < -0.4 is 0 Å². The van der Waals surface area contributed by atoms with Crippen LogP contribution >= 0.6 is 0 Å². The molecule has 78 valence electrons. The first-order chi connectivity index (χ1) is 7.06. The quantitative estimate of drug-likeness (QED) is 0.607. The zero-order valence-corrected chi connectivity index (χ0v) is 7.55. The van der Waals surface area contributed by atoms with Gasteiger partial charge in [0.15, 0.2) is 0 Å². The number of nitro groups is 1. The lowest BCUT2D eigenvalue weighted by Gasteiger charge is -2.06. The minimum Gasteiger partial charge on any atom is -0.387 e. The summed E-state index contributed by atoms with van der Waals surface area (Å²) >= 11 is 0.